The van der Waals surface area contributed by atoms with E-state index in [2.05, 4.69) is 26.2 Å². The third-order valence-electron chi connectivity index (χ3n) is 3.41. The SMILES string of the molecule is CC(O)C1CCCN(C(=O)Nc2ccc(Br)nc2)C1. The molecule has 1 saturated heterocycles. The van der Waals surface area contributed by atoms with Crippen LogP contribution in [0.15, 0.2) is 22.9 Å². The van der Waals surface area contributed by atoms with E-state index in [1.165, 1.54) is 0 Å². The van der Waals surface area contributed by atoms with Gasteiger partial charge in [0.2, 0.25) is 0 Å². The predicted octanol–water partition coefficient (Wildman–Crippen LogP) is 2.47. The zero-order valence-electron chi connectivity index (χ0n) is 10.8. The van der Waals surface area contributed by atoms with Crippen molar-refractivity contribution in [2.24, 2.45) is 5.92 Å². The van der Waals surface area contributed by atoms with Crippen molar-refractivity contribution in [3.8, 4) is 0 Å². The highest BCUT2D eigenvalue weighted by Gasteiger charge is 2.26. The number of aliphatic hydroxyl groups is 1. The Morgan fingerprint density at radius 3 is 3.05 bits per heavy atom. The Morgan fingerprint density at radius 2 is 2.42 bits per heavy atom. The lowest BCUT2D eigenvalue weighted by molar-refractivity contribution is 0.0766. The largest absolute Gasteiger partial charge is 0.393 e. The van der Waals surface area contributed by atoms with Gasteiger partial charge in [-0.1, -0.05) is 0 Å². The highest BCUT2D eigenvalue weighted by atomic mass is 79.9. The van der Waals surface area contributed by atoms with Gasteiger partial charge in [-0.3, -0.25) is 0 Å². The molecule has 19 heavy (non-hydrogen) atoms. The van der Waals surface area contributed by atoms with E-state index >= 15 is 0 Å². The third kappa shape index (κ3) is 3.91. The number of likely N-dealkylation sites (tertiary alicyclic amines) is 1. The molecule has 2 unspecified atom stereocenters. The van der Waals surface area contributed by atoms with Gasteiger partial charge in [-0.05, 0) is 47.8 Å². The lowest BCUT2D eigenvalue weighted by Gasteiger charge is -2.34. The van der Waals surface area contributed by atoms with Gasteiger partial charge in [0.1, 0.15) is 4.60 Å². The predicted molar refractivity (Wildman–Crippen MR) is 76.9 cm³/mol. The molecule has 0 bridgehead atoms. The minimum atomic E-state index is -0.370. The number of aliphatic hydroxyl groups excluding tert-OH is 1. The summed E-state index contributed by atoms with van der Waals surface area (Å²) in [7, 11) is 0. The molecule has 104 valence electrons. The molecular formula is C13H18BrN3O2. The number of hydrogen-bond donors (Lipinski definition) is 2. The zero-order chi connectivity index (χ0) is 13.8. The number of nitrogens with zero attached hydrogens (tertiary/aromatic N) is 2. The van der Waals surface area contributed by atoms with Gasteiger partial charge in [-0.25, -0.2) is 9.78 Å². The van der Waals surface area contributed by atoms with E-state index in [-0.39, 0.29) is 18.1 Å². The van der Waals surface area contributed by atoms with Crippen molar-refractivity contribution in [1.29, 1.82) is 0 Å². The Labute approximate surface area is 121 Å². The van der Waals surface area contributed by atoms with Crippen LogP contribution in [0.5, 0.6) is 0 Å². The van der Waals surface area contributed by atoms with Crippen molar-refractivity contribution in [1.82, 2.24) is 9.88 Å². The molecule has 0 spiro atoms. The highest BCUT2D eigenvalue weighted by molar-refractivity contribution is 9.10. The van der Waals surface area contributed by atoms with Crippen LogP contribution >= 0.6 is 15.9 Å². The first-order valence-corrected chi connectivity index (χ1v) is 7.21. The molecule has 1 fully saturated rings. The average Bonchev–Trinajstić information content (AvgIpc) is 2.41. The molecule has 2 heterocycles. The second-order valence-electron chi connectivity index (χ2n) is 4.89. The molecule has 6 heteroatoms. The third-order valence-corrected chi connectivity index (χ3v) is 3.88. The van der Waals surface area contributed by atoms with Crippen LogP contribution in [0.1, 0.15) is 19.8 Å². The van der Waals surface area contributed by atoms with Crippen LogP contribution in [0.3, 0.4) is 0 Å². The van der Waals surface area contributed by atoms with Crippen LogP contribution in [0.2, 0.25) is 0 Å². The fourth-order valence-corrected chi connectivity index (χ4v) is 2.48. The van der Waals surface area contributed by atoms with Crippen molar-refractivity contribution in [3.63, 3.8) is 0 Å². The van der Waals surface area contributed by atoms with Gasteiger partial charge >= 0.3 is 6.03 Å². The number of amides is 2. The van der Waals surface area contributed by atoms with E-state index in [1.54, 1.807) is 30.2 Å². The first-order valence-electron chi connectivity index (χ1n) is 6.42. The van der Waals surface area contributed by atoms with E-state index in [0.717, 1.165) is 24.0 Å². The van der Waals surface area contributed by atoms with Crippen molar-refractivity contribution in [2.45, 2.75) is 25.9 Å². The summed E-state index contributed by atoms with van der Waals surface area (Å²) in [5.41, 5.74) is 0.673. The summed E-state index contributed by atoms with van der Waals surface area (Å²) in [4.78, 5) is 17.9. The minimum Gasteiger partial charge on any atom is -0.393 e. The maximum atomic E-state index is 12.1. The van der Waals surface area contributed by atoms with E-state index in [0.29, 0.717) is 12.2 Å². The maximum Gasteiger partial charge on any atom is 0.321 e. The molecule has 1 aliphatic heterocycles. The van der Waals surface area contributed by atoms with Crippen LogP contribution in [0.4, 0.5) is 10.5 Å². The lowest BCUT2D eigenvalue weighted by atomic mass is 9.94. The molecule has 1 aromatic heterocycles. The van der Waals surface area contributed by atoms with Gasteiger partial charge in [0.25, 0.3) is 0 Å². The number of piperidine rings is 1. The van der Waals surface area contributed by atoms with Gasteiger partial charge in [0.05, 0.1) is 18.0 Å². The number of hydrogen-bond acceptors (Lipinski definition) is 3. The van der Waals surface area contributed by atoms with Crippen LogP contribution in [0, 0.1) is 5.92 Å². The number of carbonyl (C=O) groups excluding carboxylic acids is 1. The molecule has 2 N–H and O–H groups in total. The molecule has 0 radical (unpaired) electrons. The second kappa shape index (κ2) is 6.34. The number of nitrogens with one attached hydrogen (secondary N) is 1. The second-order valence-corrected chi connectivity index (χ2v) is 5.70. The fourth-order valence-electron chi connectivity index (χ4n) is 2.24. The monoisotopic (exact) mass is 327 g/mol. The lowest BCUT2D eigenvalue weighted by Crippen LogP contribution is -2.44. The van der Waals surface area contributed by atoms with Gasteiger partial charge in [0, 0.05) is 19.0 Å². The van der Waals surface area contributed by atoms with E-state index in [4.69, 9.17) is 0 Å². The van der Waals surface area contributed by atoms with E-state index < -0.39 is 0 Å². The number of aromatic nitrogens is 1. The Hall–Kier alpha value is -1.14. The number of halogens is 1. The van der Waals surface area contributed by atoms with E-state index in [9.17, 15) is 9.90 Å². The van der Waals surface area contributed by atoms with Crippen molar-refractivity contribution >= 4 is 27.6 Å². The number of pyridine rings is 1. The molecule has 1 aromatic rings. The summed E-state index contributed by atoms with van der Waals surface area (Å²) < 4.78 is 0.734. The highest BCUT2D eigenvalue weighted by Crippen LogP contribution is 2.20. The quantitative estimate of drug-likeness (QED) is 0.820. The molecule has 1 aliphatic rings. The fraction of sp³-hybridized carbons (Fsp3) is 0.538. The van der Waals surface area contributed by atoms with Gasteiger partial charge in [-0.2, -0.15) is 0 Å². The molecule has 2 rings (SSSR count). The Morgan fingerprint density at radius 1 is 1.63 bits per heavy atom. The van der Waals surface area contributed by atoms with Crippen LogP contribution in [-0.4, -0.2) is 40.2 Å². The van der Waals surface area contributed by atoms with Crippen LogP contribution in [0.25, 0.3) is 0 Å². The molecule has 5 nitrogen and oxygen atoms in total. The first-order chi connectivity index (χ1) is 9.06. The van der Waals surface area contributed by atoms with Crippen LogP contribution < -0.4 is 5.32 Å². The van der Waals surface area contributed by atoms with E-state index in [1.807, 2.05) is 0 Å². The minimum absolute atomic E-state index is 0.130. The summed E-state index contributed by atoms with van der Waals surface area (Å²) in [6.45, 7) is 3.12. The summed E-state index contributed by atoms with van der Waals surface area (Å²) >= 11 is 3.25. The summed E-state index contributed by atoms with van der Waals surface area (Å²) in [6, 6.07) is 3.45. The summed E-state index contributed by atoms with van der Waals surface area (Å²) in [5.74, 6) is 0.169. The first kappa shape index (κ1) is 14.3. The Bertz CT molecular complexity index is 436. The topological polar surface area (TPSA) is 65.5 Å². The van der Waals surface area contributed by atoms with Crippen molar-refractivity contribution in [2.75, 3.05) is 18.4 Å². The van der Waals surface area contributed by atoms with Crippen molar-refractivity contribution in [3.05, 3.63) is 22.9 Å². The number of carbonyl (C=O) groups is 1. The Balaban J connectivity index is 1.94. The van der Waals surface area contributed by atoms with Crippen LogP contribution in [-0.2, 0) is 0 Å². The summed E-state index contributed by atoms with van der Waals surface area (Å²) in [5, 5.41) is 12.4. The molecule has 0 saturated carbocycles. The number of rotatable bonds is 2. The average molecular weight is 328 g/mol. The molecule has 0 aliphatic carbocycles. The maximum absolute atomic E-state index is 12.1. The molecule has 0 aromatic carbocycles. The zero-order valence-corrected chi connectivity index (χ0v) is 12.4. The molecular weight excluding hydrogens is 310 g/mol. The normalized spacial score (nSPS) is 21.0. The number of anilines is 1. The Kier molecular flexibility index (Phi) is 4.76. The number of urea groups is 1. The smallest absolute Gasteiger partial charge is 0.321 e. The molecule has 2 atom stereocenters. The standard InChI is InChI=1S/C13H18BrN3O2/c1-9(18)10-3-2-6-17(8-10)13(19)16-11-4-5-12(14)15-7-11/h4-5,7,9-10,18H,2-3,6,8H2,1H3,(H,16,19). The molecule has 2 amide bonds. The summed E-state index contributed by atoms with van der Waals surface area (Å²) in [6.07, 6.45) is 3.14. The van der Waals surface area contributed by atoms with Gasteiger partial charge < -0.3 is 15.3 Å². The van der Waals surface area contributed by atoms with Gasteiger partial charge in [0.15, 0.2) is 0 Å². The van der Waals surface area contributed by atoms with Crippen molar-refractivity contribution < 1.29 is 9.90 Å². The van der Waals surface area contributed by atoms with Gasteiger partial charge in [-0.15, -0.1) is 0 Å².